The number of nitrogens with zero attached hydrogens (tertiary/aromatic N) is 3. The first-order valence-corrected chi connectivity index (χ1v) is 8.09. The monoisotopic (exact) mass is 308 g/mol. The largest absolute Gasteiger partial charge is 0.481 e. The number of likely N-dealkylation sites (N-methyl/N-ethyl adjacent to an activating group) is 1. The number of hydrogen-bond donors (Lipinski definition) is 2. The van der Waals surface area contributed by atoms with E-state index >= 15 is 0 Å². The van der Waals surface area contributed by atoms with Crippen LogP contribution in [0, 0.1) is 0 Å². The van der Waals surface area contributed by atoms with E-state index in [-0.39, 0.29) is 13.0 Å². The van der Waals surface area contributed by atoms with Gasteiger partial charge in [0.2, 0.25) is 0 Å². The molecule has 1 aliphatic heterocycles. The maximum Gasteiger partial charge on any atom is 0.304 e. The molecule has 0 spiro atoms. The first-order chi connectivity index (χ1) is 9.31. The van der Waals surface area contributed by atoms with Crippen LogP contribution in [0.1, 0.15) is 6.42 Å². The predicted molar refractivity (Wildman–Crippen MR) is 75.7 cm³/mol. The number of carbonyl (C=O) groups is 1. The molecule has 118 valence electrons. The molecule has 1 aliphatic rings. The standard InChI is InChI=1S/C11H24N4O4S/c1-13-7-9-15(10-8-13)6-4-12-20(18,19)14(2)5-3-11(16)17/h12H,3-10H2,1-2H3,(H,16,17). The van der Waals surface area contributed by atoms with Crippen LogP contribution in [-0.2, 0) is 15.0 Å². The zero-order valence-electron chi connectivity index (χ0n) is 12.1. The van der Waals surface area contributed by atoms with Gasteiger partial charge in [-0.25, -0.2) is 4.72 Å². The third kappa shape index (κ3) is 6.14. The normalized spacial score (nSPS) is 18.6. The van der Waals surface area contributed by atoms with Crippen molar-refractivity contribution in [3.05, 3.63) is 0 Å². The molecule has 20 heavy (non-hydrogen) atoms. The van der Waals surface area contributed by atoms with Crippen LogP contribution in [-0.4, -0.2) is 93.5 Å². The predicted octanol–water partition coefficient (Wildman–Crippen LogP) is -1.53. The van der Waals surface area contributed by atoms with Crippen LogP contribution in [0.25, 0.3) is 0 Å². The number of nitrogens with one attached hydrogen (secondary N) is 1. The van der Waals surface area contributed by atoms with Crippen molar-refractivity contribution in [2.75, 3.05) is 59.9 Å². The lowest BCUT2D eigenvalue weighted by atomic mass is 10.3. The smallest absolute Gasteiger partial charge is 0.304 e. The minimum atomic E-state index is -3.58. The van der Waals surface area contributed by atoms with Gasteiger partial charge < -0.3 is 10.0 Å². The number of carboxylic acids is 1. The number of hydrogen-bond acceptors (Lipinski definition) is 5. The quantitative estimate of drug-likeness (QED) is 0.565. The van der Waals surface area contributed by atoms with Gasteiger partial charge in [0.1, 0.15) is 0 Å². The second-order valence-electron chi connectivity index (χ2n) is 5.01. The highest BCUT2D eigenvalue weighted by Crippen LogP contribution is 1.99. The van der Waals surface area contributed by atoms with Crippen LogP contribution in [0.4, 0.5) is 0 Å². The molecule has 0 unspecified atom stereocenters. The molecule has 2 N–H and O–H groups in total. The van der Waals surface area contributed by atoms with Crippen LogP contribution in [0.15, 0.2) is 0 Å². The summed E-state index contributed by atoms with van der Waals surface area (Å²) in [6.07, 6.45) is -0.199. The number of rotatable bonds is 8. The third-order valence-corrected chi connectivity index (χ3v) is 4.93. The van der Waals surface area contributed by atoms with Crippen molar-refractivity contribution in [1.29, 1.82) is 0 Å². The SMILES string of the molecule is CN1CCN(CCNS(=O)(=O)N(C)CCC(=O)O)CC1. The highest BCUT2D eigenvalue weighted by atomic mass is 32.2. The minimum absolute atomic E-state index is 0.0286. The summed E-state index contributed by atoms with van der Waals surface area (Å²) in [5.41, 5.74) is 0. The first kappa shape index (κ1) is 17.3. The average molecular weight is 308 g/mol. The lowest BCUT2D eigenvalue weighted by Gasteiger charge is -2.32. The van der Waals surface area contributed by atoms with Crippen molar-refractivity contribution in [2.45, 2.75) is 6.42 Å². The Morgan fingerprint density at radius 3 is 2.45 bits per heavy atom. The van der Waals surface area contributed by atoms with Crippen molar-refractivity contribution in [3.63, 3.8) is 0 Å². The van der Waals surface area contributed by atoms with Crippen molar-refractivity contribution in [3.8, 4) is 0 Å². The Bertz CT molecular complexity index is 407. The molecule has 0 saturated carbocycles. The fourth-order valence-electron chi connectivity index (χ4n) is 1.89. The first-order valence-electron chi connectivity index (χ1n) is 6.65. The fraction of sp³-hybridized carbons (Fsp3) is 0.909. The maximum absolute atomic E-state index is 11.8. The summed E-state index contributed by atoms with van der Waals surface area (Å²) in [6.45, 7) is 4.83. The van der Waals surface area contributed by atoms with Gasteiger partial charge in [-0.15, -0.1) is 0 Å². The molecule has 9 heteroatoms. The Morgan fingerprint density at radius 2 is 1.90 bits per heavy atom. The van der Waals surface area contributed by atoms with Gasteiger partial charge in [0.25, 0.3) is 10.2 Å². The van der Waals surface area contributed by atoms with Crippen molar-refractivity contribution in [2.24, 2.45) is 0 Å². The van der Waals surface area contributed by atoms with Gasteiger partial charge >= 0.3 is 5.97 Å². The lowest BCUT2D eigenvalue weighted by molar-refractivity contribution is -0.137. The topological polar surface area (TPSA) is 93.2 Å². The molecule has 0 aliphatic carbocycles. The summed E-state index contributed by atoms with van der Waals surface area (Å²) in [4.78, 5) is 14.9. The van der Waals surface area contributed by atoms with Crippen LogP contribution in [0.5, 0.6) is 0 Å². The van der Waals surface area contributed by atoms with E-state index in [2.05, 4.69) is 21.6 Å². The van der Waals surface area contributed by atoms with E-state index in [0.717, 1.165) is 30.5 Å². The van der Waals surface area contributed by atoms with Gasteiger partial charge in [-0.1, -0.05) is 0 Å². The third-order valence-electron chi connectivity index (χ3n) is 3.36. The van der Waals surface area contributed by atoms with Gasteiger partial charge in [-0.05, 0) is 7.05 Å². The summed E-state index contributed by atoms with van der Waals surface area (Å²) in [5.74, 6) is -1.01. The molecule has 0 aromatic heterocycles. The van der Waals surface area contributed by atoms with E-state index in [0.29, 0.717) is 13.1 Å². The number of aliphatic carboxylic acids is 1. The van der Waals surface area contributed by atoms with E-state index in [1.165, 1.54) is 7.05 Å². The van der Waals surface area contributed by atoms with Crippen molar-refractivity contribution >= 4 is 16.2 Å². The second-order valence-corrected chi connectivity index (χ2v) is 6.87. The van der Waals surface area contributed by atoms with Gasteiger partial charge in [-0.3, -0.25) is 9.69 Å². The molecule has 0 amide bonds. The van der Waals surface area contributed by atoms with Crippen LogP contribution in [0.3, 0.4) is 0 Å². The van der Waals surface area contributed by atoms with E-state index in [1.807, 2.05) is 0 Å². The van der Waals surface area contributed by atoms with Crippen molar-refractivity contribution in [1.82, 2.24) is 18.8 Å². The minimum Gasteiger partial charge on any atom is -0.481 e. The van der Waals surface area contributed by atoms with E-state index in [4.69, 9.17) is 5.11 Å². The van der Waals surface area contributed by atoms with Crippen LogP contribution in [0.2, 0.25) is 0 Å². The Morgan fingerprint density at radius 1 is 1.30 bits per heavy atom. The summed E-state index contributed by atoms with van der Waals surface area (Å²) in [5, 5.41) is 8.54. The Balaban J connectivity index is 2.27. The van der Waals surface area contributed by atoms with Gasteiger partial charge in [0.15, 0.2) is 0 Å². The van der Waals surface area contributed by atoms with Crippen molar-refractivity contribution < 1.29 is 18.3 Å². The van der Waals surface area contributed by atoms with E-state index in [9.17, 15) is 13.2 Å². The highest BCUT2D eigenvalue weighted by molar-refractivity contribution is 7.87. The lowest BCUT2D eigenvalue weighted by Crippen LogP contribution is -2.48. The van der Waals surface area contributed by atoms with Crippen LogP contribution < -0.4 is 4.72 Å². The fourth-order valence-corrected chi connectivity index (χ4v) is 2.79. The Hall–Kier alpha value is -0.740. The molecule has 1 saturated heterocycles. The Labute approximate surface area is 120 Å². The Kier molecular flexibility index (Phi) is 6.83. The van der Waals surface area contributed by atoms with Gasteiger partial charge in [-0.2, -0.15) is 12.7 Å². The zero-order chi connectivity index (χ0) is 15.2. The average Bonchev–Trinajstić information content (AvgIpc) is 2.38. The van der Waals surface area contributed by atoms with Crippen LogP contribution >= 0.6 is 0 Å². The molecule has 8 nitrogen and oxygen atoms in total. The molecule has 0 bridgehead atoms. The molecule has 1 rings (SSSR count). The van der Waals surface area contributed by atoms with Gasteiger partial charge in [0.05, 0.1) is 6.42 Å². The highest BCUT2D eigenvalue weighted by Gasteiger charge is 2.19. The number of piperazine rings is 1. The molecule has 0 radical (unpaired) electrons. The number of carboxylic acid groups (broad SMARTS) is 1. The molecular weight excluding hydrogens is 284 g/mol. The summed E-state index contributed by atoms with van der Waals surface area (Å²) in [6, 6.07) is 0. The zero-order valence-corrected chi connectivity index (χ0v) is 12.9. The van der Waals surface area contributed by atoms with E-state index in [1.54, 1.807) is 0 Å². The maximum atomic E-state index is 11.8. The van der Waals surface area contributed by atoms with Gasteiger partial charge in [0, 0.05) is 52.9 Å². The molecule has 0 aromatic carbocycles. The molecule has 1 fully saturated rings. The molecular formula is C11H24N4O4S. The molecule has 0 atom stereocenters. The second kappa shape index (κ2) is 7.89. The summed E-state index contributed by atoms with van der Waals surface area (Å²) < 4.78 is 27.2. The summed E-state index contributed by atoms with van der Waals surface area (Å²) in [7, 11) is -0.142. The van der Waals surface area contributed by atoms with E-state index < -0.39 is 16.2 Å². The molecule has 1 heterocycles. The summed E-state index contributed by atoms with van der Waals surface area (Å²) >= 11 is 0. The molecule has 0 aromatic rings.